The zero-order chi connectivity index (χ0) is 9.73. The van der Waals surface area contributed by atoms with Gasteiger partial charge in [0.05, 0.1) is 0 Å². The van der Waals surface area contributed by atoms with Crippen molar-refractivity contribution in [1.29, 1.82) is 0 Å². The van der Waals surface area contributed by atoms with Crippen molar-refractivity contribution in [3.63, 3.8) is 0 Å². The first kappa shape index (κ1) is 11.0. The van der Waals surface area contributed by atoms with Crippen molar-refractivity contribution in [2.45, 2.75) is 33.6 Å². The lowest BCUT2D eigenvalue weighted by Crippen LogP contribution is -2.33. The molecular formula is C11H24N2. The van der Waals surface area contributed by atoms with Gasteiger partial charge in [0.25, 0.3) is 0 Å². The first-order valence-corrected chi connectivity index (χ1v) is 5.63. The van der Waals surface area contributed by atoms with Crippen LogP contribution in [0.3, 0.4) is 0 Å². The second-order valence-corrected chi connectivity index (χ2v) is 4.55. The van der Waals surface area contributed by atoms with Gasteiger partial charge >= 0.3 is 0 Å². The van der Waals surface area contributed by atoms with E-state index in [0.717, 1.165) is 25.6 Å². The van der Waals surface area contributed by atoms with Crippen LogP contribution in [0.4, 0.5) is 0 Å². The van der Waals surface area contributed by atoms with Crippen molar-refractivity contribution in [3.05, 3.63) is 0 Å². The molecule has 0 radical (unpaired) electrons. The van der Waals surface area contributed by atoms with Gasteiger partial charge in [-0.1, -0.05) is 20.8 Å². The van der Waals surface area contributed by atoms with Gasteiger partial charge in [0.15, 0.2) is 0 Å². The maximum atomic E-state index is 3.54. The van der Waals surface area contributed by atoms with Crippen LogP contribution in [0.5, 0.6) is 0 Å². The quantitative estimate of drug-likeness (QED) is 0.588. The summed E-state index contributed by atoms with van der Waals surface area (Å²) in [6, 6.07) is 0. The van der Waals surface area contributed by atoms with E-state index in [1.807, 2.05) is 0 Å². The average molecular weight is 184 g/mol. The molecule has 1 aliphatic carbocycles. The predicted octanol–water partition coefficient (Wildman–Crippen LogP) is 1.62. The van der Waals surface area contributed by atoms with E-state index in [1.54, 1.807) is 0 Å². The number of likely N-dealkylation sites (N-methyl/N-ethyl adjacent to an activating group) is 1. The lowest BCUT2D eigenvalue weighted by molar-refractivity contribution is 0.338. The van der Waals surface area contributed by atoms with E-state index in [1.165, 1.54) is 19.4 Å². The maximum Gasteiger partial charge on any atom is 0.00769 e. The summed E-state index contributed by atoms with van der Waals surface area (Å²) in [5, 5.41) is 6.86. The Balaban J connectivity index is 1.99. The van der Waals surface area contributed by atoms with E-state index < -0.39 is 0 Å². The molecule has 1 fully saturated rings. The molecule has 2 N–H and O–H groups in total. The molecule has 0 aliphatic heterocycles. The molecule has 0 aromatic carbocycles. The van der Waals surface area contributed by atoms with E-state index in [0.29, 0.717) is 5.41 Å². The Bertz CT molecular complexity index is 139. The number of rotatable bonds is 7. The van der Waals surface area contributed by atoms with Crippen LogP contribution in [-0.2, 0) is 0 Å². The summed E-state index contributed by atoms with van der Waals surface area (Å²) >= 11 is 0. The van der Waals surface area contributed by atoms with Crippen molar-refractivity contribution >= 4 is 0 Å². The molecule has 0 atom stereocenters. The van der Waals surface area contributed by atoms with Gasteiger partial charge in [0.2, 0.25) is 0 Å². The molecule has 1 saturated carbocycles. The largest absolute Gasteiger partial charge is 0.316 e. The zero-order valence-corrected chi connectivity index (χ0v) is 9.32. The highest BCUT2D eigenvalue weighted by atomic mass is 14.9. The van der Waals surface area contributed by atoms with Gasteiger partial charge in [-0.3, -0.25) is 0 Å². The van der Waals surface area contributed by atoms with Crippen molar-refractivity contribution in [1.82, 2.24) is 10.6 Å². The topological polar surface area (TPSA) is 24.1 Å². The van der Waals surface area contributed by atoms with Crippen molar-refractivity contribution in [2.75, 3.05) is 26.2 Å². The SMILES string of the molecule is CCNCCNCC1(C(C)C)CC1. The lowest BCUT2D eigenvalue weighted by Gasteiger charge is -2.20. The third-order valence-corrected chi connectivity index (χ3v) is 3.32. The molecule has 2 heteroatoms. The lowest BCUT2D eigenvalue weighted by atomic mass is 9.92. The Morgan fingerprint density at radius 2 is 1.77 bits per heavy atom. The highest BCUT2D eigenvalue weighted by molar-refractivity contribution is 4.96. The van der Waals surface area contributed by atoms with Crippen LogP contribution in [0.1, 0.15) is 33.6 Å². The summed E-state index contributed by atoms with van der Waals surface area (Å²) < 4.78 is 0. The minimum Gasteiger partial charge on any atom is -0.316 e. The second-order valence-electron chi connectivity index (χ2n) is 4.55. The average Bonchev–Trinajstić information content (AvgIpc) is 2.85. The Hall–Kier alpha value is -0.0800. The first-order valence-electron chi connectivity index (χ1n) is 5.63. The van der Waals surface area contributed by atoms with E-state index in [9.17, 15) is 0 Å². The molecule has 0 heterocycles. The molecule has 0 bridgehead atoms. The van der Waals surface area contributed by atoms with Crippen LogP contribution in [0.25, 0.3) is 0 Å². The standard InChI is InChI=1S/C11H24N2/c1-4-12-7-8-13-9-11(5-6-11)10(2)3/h10,12-13H,4-9H2,1-3H3. The predicted molar refractivity (Wildman–Crippen MR) is 57.9 cm³/mol. The molecule has 2 nitrogen and oxygen atoms in total. The molecule has 78 valence electrons. The number of hydrogen-bond acceptors (Lipinski definition) is 2. The minimum absolute atomic E-state index is 0.659. The Labute approximate surface area is 82.5 Å². The van der Waals surface area contributed by atoms with Gasteiger partial charge in [-0.2, -0.15) is 0 Å². The van der Waals surface area contributed by atoms with Crippen LogP contribution in [-0.4, -0.2) is 26.2 Å². The minimum atomic E-state index is 0.659. The van der Waals surface area contributed by atoms with Gasteiger partial charge in [-0.15, -0.1) is 0 Å². The van der Waals surface area contributed by atoms with Crippen LogP contribution in [0, 0.1) is 11.3 Å². The van der Waals surface area contributed by atoms with Gasteiger partial charge in [-0.05, 0) is 30.7 Å². The van der Waals surface area contributed by atoms with E-state index in [2.05, 4.69) is 31.4 Å². The van der Waals surface area contributed by atoms with Gasteiger partial charge < -0.3 is 10.6 Å². The van der Waals surface area contributed by atoms with Gasteiger partial charge in [-0.25, -0.2) is 0 Å². The molecule has 13 heavy (non-hydrogen) atoms. The van der Waals surface area contributed by atoms with Crippen LogP contribution >= 0.6 is 0 Å². The van der Waals surface area contributed by atoms with E-state index in [4.69, 9.17) is 0 Å². The monoisotopic (exact) mass is 184 g/mol. The van der Waals surface area contributed by atoms with Crippen molar-refractivity contribution in [3.8, 4) is 0 Å². The molecule has 0 saturated heterocycles. The van der Waals surface area contributed by atoms with Crippen molar-refractivity contribution < 1.29 is 0 Å². The Kier molecular flexibility index (Phi) is 4.20. The third kappa shape index (κ3) is 3.28. The molecule has 1 aliphatic rings. The molecule has 0 aromatic heterocycles. The van der Waals surface area contributed by atoms with Crippen molar-refractivity contribution in [2.24, 2.45) is 11.3 Å². The Morgan fingerprint density at radius 3 is 2.23 bits per heavy atom. The molecule has 1 rings (SSSR count). The first-order chi connectivity index (χ1) is 6.21. The second kappa shape index (κ2) is 4.97. The summed E-state index contributed by atoms with van der Waals surface area (Å²) in [6.45, 7) is 11.4. The summed E-state index contributed by atoms with van der Waals surface area (Å²) in [4.78, 5) is 0. The van der Waals surface area contributed by atoms with Crippen LogP contribution in [0.2, 0.25) is 0 Å². The normalized spacial score (nSPS) is 19.4. The number of hydrogen-bond donors (Lipinski definition) is 2. The maximum absolute atomic E-state index is 3.54. The molecule has 0 spiro atoms. The zero-order valence-electron chi connectivity index (χ0n) is 9.32. The molecule has 0 aromatic rings. The van der Waals surface area contributed by atoms with E-state index >= 15 is 0 Å². The summed E-state index contributed by atoms with van der Waals surface area (Å²) in [7, 11) is 0. The summed E-state index contributed by atoms with van der Waals surface area (Å²) in [6.07, 6.45) is 2.86. The van der Waals surface area contributed by atoms with Crippen LogP contribution < -0.4 is 10.6 Å². The summed E-state index contributed by atoms with van der Waals surface area (Å²) in [5.41, 5.74) is 0.659. The van der Waals surface area contributed by atoms with Gasteiger partial charge in [0.1, 0.15) is 0 Å². The summed E-state index contributed by atoms with van der Waals surface area (Å²) in [5.74, 6) is 0.846. The molecular weight excluding hydrogens is 160 g/mol. The van der Waals surface area contributed by atoms with Crippen LogP contribution in [0.15, 0.2) is 0 Å². The fourth-order valence-corrected chi connectivity index (χ4v) is 1.81. The highest BCUT2D eigenvalue weighted by Crippen LogP contribution is 2.51. The fraction of sp³-hybridized carbons (Fsp3) is 1.00. The molecule has 0 unspecified atom stereocenters. The molecule has 0 amide bonds. The fourth-order valence-electron chi connectivity index (χ4n) is 1.81. The third-order valence-electron chi connectivity index (χ3n) is 3.32. The highest BCUT2D eigenvalue weighted by Gasteiger charge is 2.44. The number of nitrogens with one attached hydrogen (secondary N) is 2. The smallest absolute Gasteiger partial charge is 0.00769 e. The van der Waals surface area contributed by atoms with E-state index in [-0.39, 0.29) is 0 Å². The Morgan fingerprint density at radius 1 is 1.15 bits per heavy atom. The van der Waals surface area contributed by atoms with Gasteiger partial charge in [0, 0.05) is 19.6 Å².